The summed E-state index contributed by atoms with van der Waals surface area (Å²) >= 11 is 0. The zero-order chi connectivity index (χ0) is 7.68. The van der Waals surface area contributed by atoms with E-state index in [9.17, 15) is 0 Å². The normalized spacial score (nSPS) is 13.8. The van der Waals surface area contributed by atoms with Crippen LogP contribution < -0.4 is 16.3 Å². The van der Waals surface area contributed by atoms with Gasteiger partial charge in [0.1, 0.15) is 18.2 Å². The molecule has 1 aliphatic heterocycles. The number of aromatic nitrogens is 2. The Morgan fingerprint density at radius 3 is 3.36 bits per heavy atom. The van der Waals surface area contributed by atoms with Gasteiger partial charge < -0.3 is 10.5 Å². The van der Waals surface area contributed by atoms with Crippen LogP contribution in [0.25, 0.3) is 12.3 Å². The highest BCUT2D eigenvalue weighted by Crippen LogP contribution is 1.82. The molecular weight excluding hydrogens is 142 g/mol. The summed E-state index contributed by atoms with van der Waals surface area (Å²) in [6, 6.07) is 0. The maximum atomic E-state index is 5.37. The molecule has 0 aromatic carbocycles. The van der Waals surface area contributed by atoms with Gasteiger partial charge in [0.2, 0.25) is 5.95 Å². The number of hydrogen-bond donors (Lipinski definition) is 1. The van der Waals surface area contributed by atoms with Gasteiger partial charge in [0.15, 0.2) is 0 Å². The first kappa shape index (κ1) is 6.15. The second-order valence-corrected chi connectivity index (χ2v) is 2.22. The molecule has 11 heavy (non-hydrogen) atoms. The van der Waals surface area contributed by atoms with E-state index in [4.69, 9.17) is 10.5 Å². The summed E-state index contributed by atoms with van der Waals surface area (Å²) in [5.74, 6) is 0.277. The van der Waals surface area contributed by atoms with Crippen molar-refractivity contribution in [1.29, 1.82) is 0 Å². The molecule has 0 aliphatic carbocycles. The molecule has 0 saturated carbocycles. The lowest BCUT2D eigenvalue weighted by Gasteiger charge is -2.00. The lowest BCUT2D eigenvalue weighted by Crippen LogP contribution is -2.32. The largest absolute Gasteiger partial charge is 0.495 e. The summed E-state index contributed by atoms with van der Waals surface area (Å²) in [5, 5.41) is 1.73. The molecule has 2 heterocycles. The van der Waals surface area contributed by atoms with Crippen molar-refractivity contribution in [2.45, 2.75) is 0 Å². The van der Waals surface area contributed by atoms with Gasteiger partial charge in [0, 0.05) is 11.4 Å². The Balaban J connectivity index is 2.80. The molecule has 0 atom stereocenters. The van der Waals surface area contributed by atoms with Gasteiger partial charge in [0.25, 0.3) is 0 Å². The fourth-order valence-electron chi connectivity index (χ4n) is 0.935. The van der Waals surface area contributed by atoms with Crippen molar-refractivity contribution in [3.8, 4) is 0 Å². The van der Waals surface area contributed by atoms with Gasteiger partial charge in [-0.2, -0.15) is 0 Å². The molecule has 1 aromatic rings. The summed E-state index contributed by atoms with van der Waals surface area (Å²) in [6.45, 7) is 0.584. The number of fused-ring (bicyclic) bond motifs is 1. The van der Waals surface area contributed by atoms with E-state index in [-0.39, 0.29) is 5.95 Å². The summed E-state index contributed by atoms with van der Waals surface area (Å²) in [7, 11) is 0. The lowest BCUT2D eigenvalue weighted by molar-refractivity contribution is 0.344. The second-order valence-electron chi connectivity index (χ2n) is 2.22. The van der Waals surface area contributed by atoms with Crippen molar-refractivity contribution in [3.63, 3.8) is 0 Å². The molecule has 4 heteroatoms. The SMILES string of the molecule is Nc1ncc2c(n1)=COCC=2. The Hall–Kier alpha value is -1.58. The number of hydrogen-bond acceptors (Lipinski definition) is 4. The van der Waals surface area contributed by atoms with E-state index in [2.05, 4.69) is 9.97 Å². The smallest absolute Gasteiger partial charge is 0.220 e. The molecule has 2 rings (SSSR count). The van der Waals surface area contributed by atoms with Gasteiger partial charge in [0.05, 0.1) is 0 Å². The van der Waals surface area contributed by atoms with Gasteiger partial charge in [-0.05, 0) is 6.08 Å². The van der Waals surface area contributed by atoms with E-state index in [0.717, 1.165) is 10.6 Å². The van der Waals surface area contributed by atoms with Crippen LogP contribution >= 0.6 is 0 Å². The molecule has 56 valence electrons. The van der Waals surface area contributed by atoms with Crippen LogP contribution in [0.3, 0.4) is 0 Å². The Labute approximate surface area is 63.0 Å². The van der Waals surface area contributed by atoms with Crippen molar-refractivity contribution in [3.05, 3.63) is 16.8 Å². The molecule has 0 unspecified atom stereocenters. The number of rotatable bonds is 0. The second kappa shape index (κ2) is 2.23. The van der Waals surface area contributed by atoms with Crippen LogP contribution in [-0.4, -0.2) is 16.6 Å². The Morgan fingerprint density at radius 1 is 1.55 bits per heavy atom. The number of anilines is 1. The van der Waals surface area contributed by atoms with Crippen LogP contribution in [0.4, 0.5) is 5.95 Å². The van der Waals surface area contributed by atoms with E-state index < -0.39 is 0 Å². The standard InChI is InChI=1S/C7H7N3O/c8-7-9-3-5-1-2-11-4-6(5)10-7/h1,3-4H,2H2,(H2,8,10). The topological polar surface area (TPSA) is 61.0 Å². The minimum absolute atomic E-state index is 0.277. The van der Waals surface area contributed by atoms with Crippen molar-refractivity contribution in [1.82, 2.24) is 9.97 Å². The van der Waals surface area contributed by atoms with E-state index in [1.165, 1.54) is 0 Å². The predicted octanol–water partition coefficient (Wildman–Crippen LogP) is -1.39. The van der Waals surface area contributed by atoms with E-state index >= 15 is 0 Å². The van der Waals surface area contributed by atoms with Crippen molar-refractivity contribution >= 4 is 18.3 Å². The van der Waals surface area contributed by atoms with Crippen molar-refractivity contribution in [2.75, 3.05) is 12.3 Å². The summed E-state index contributed by atoms with van der Waals surface area (Å²) in [6.07, 6.45) is 5.19. The molecule has 4 nitrogen and oxygen atoms in total. The fourth-order valence-corrected chi connectivity index (χ4v) is 0.935. The van der Waals surface area contributed by atoms with Crippen LogP contribution in [0.15, 0.2) is 6.20 Å². The monoisotopic (exact) mass is 149 g/mol. The number of nitrogens with zero attached hydrogens (tertiary/aromatic N) is 2. The van der Waals surface area contributed by atoms with Crippen LogP contribution in [0.2, 0.25) is 0 Å². The van der Waals surface area contributed by atoms with Crippen LogP contribution in [-0.2, 0) is 4.74 Å². The molecule has 0 fully saturated rings. The van der Waals surface area contributed by atoms with Gasteiger partial charge in [-0.3, -0.25) is 0 Å². The highest BCUT2D eigenvalue weighted by atomic mass is 16.5. The molecule has 1 aliphatic rings. The quantitative estimate of drug-likeness (QED) is 0.493. The maximum Gasteiger partial charge on any atom is 0.220 e. The predicted molar refractivity (Wildman–Crippen MR) is 40.6 cm³/mol. The average molecular weight is 149 g/mol. The van der Waals surface area contributed by atoms with Crippen LogP contribution in [0, 0.1) is 0 Å². The van der Waals surface area contributed by atoms with Gasteiger partial charge >= 0.3 is 0 Å². The molecule has 1 aromatic heterocycles. The number of nitrogen functional groups attached to an aromatic ring is 1. The van der Waals surface area contributed by atoms with Gasteiger partial charge in [-0.1, -0.05) is 0 Å². The molecule has 0 saturated heterocycles. The van der Waals surface area contributed by atoms with E-state index in [0.29, 0.717) is 6.61 Å². The number of nitrogens with two attached hydrogens (primary N) is 1. The minimum Gasteiger partial charge on any atom is -0.495 e. The van der Waals surface area contributed by atoms with E-state index in [1.54, 1.807) is 12.5 Å². The first-order valence-electron chi connectivity index (χ1n) is 3.27. The highest BCUT2D eigenvalue weighted by Gasteiger charge is 1.94. The minimum atomic E-state index is 0.277. The molecule has 0 radical (unpaired) electrons. The Morgan fingerprint density at radius 2 is 2.45 bits per heavy atom. The Kier molecular flexibility index (Phi) is 1.25. The Bertz CT molecular complexity index is 385. The average Bonchev–Trinajstić information content (AvgIpc) is 2.04. The summed E-state index contributed by atoms with van der Waals surface area (Å²) in [4.78, 5) is 7.82. The molecule has 2 N–H and O–H groups in total. The van der Waals surface area contributed by atoms with Crippen molar-refractivity contribution in [2.24, 2.45) is 0 Å². The molecule has 0 bridgehead atoms. The van der Waals surface area contributed by atoms with Crippen molar-refractivity contribution < 1.29 is 4.74 Å². The third-order valence-electron chi connectivity index (χ3n) is 1.46. The third-order valence-corrected chi connectivity index (χ3v) is 1.46. The first-order chi connectivity index (χ1) is 5.36. The van der Waals surface area contributed by atoms with E-state index in [1.807, 2.05) is 6.08 Å². The van der Waals surface area contributed by atoms with Gasteiger partial charge in [-0.15, -0.1) is 0 Å². The maximum absolute atomic E-state index is 5.37. The fraction of sp³-hybridized carbons (Fsp3) is 0.143. The molecule has 0 spiro atoms. The summed E-state index contributed by atoms with van der Waals surface area (Å²) in [5.41, 5.74) is 5.37. The van der Waals surface area contributed by atoms with Crippen LogP contribution in [0.1, 0.15) is 0 Å². The van der Waals surface area contributed by atoms with Gasteiger partial charge in [-0.25, -0.2) is 9.97 Å². The first-order valence-corrected chi connectivity index (χ1v) is 3.27. The van der Waals surface area contributed by atoms with Crippen LogP contribution in [0.5, 0.6) is 0 Å². The third kappa shape index (κ3) is 1.02. The summed E-state index contributed by atoms with van der Waals surface area (Å²) < 4.78 is 5.02. The molecular formula is C7H7N3O. The highest BCUT2D eigenvalue weighted by molar-refractivity contribution is 5.31. The lowest BCUT2D eigenvalue weighted by atomic mass is 10.3. The zero-order valence-electron chi connectivity index (χ0n) is 5.82. The number of ether oxygens (including phenoxy) is 1. The molecule has 0 amide bonds. The zero-order valence-corrected chi connectivity index (χ0v) is 5.82.